The molecule has 0 saturated carbocycles. The van der Waals surface area contributed by atoms with Crippen molar-refractivity contribution in [1.29, 1.82) is 0 Å². The van der Waals surface area contributed by atoms with Gasteiger partial charge in [0.05, 0.1) is 13.2 Å². The van der Waals surface area contributed by atoms with E-state index in [1.807, 2.05) is 24.3 Å². The minimum absolute atomic E-state index is 0.00611. The van der Waals surface area contributed by atoms with E-state index < -0.39 is 0 Å². The van der Waals surface area contributed by atoms with E-state index in [2.05, 4.69) is 30.5 Å². The summed E-state index contributed by atoms with van der Waals surface area (Å²) < 4.78 is 5.43. The van der Waals surface area contributed by atoms with Crippen LogP contribution in [-0.2, 0) is 4.74 Å². The van der Waals surface area contributed by atoms with Crippen molar-refractivity contribution in [3.05, 3.63) is 59.1 Å². The number of hydrogen-bond acceptors (Lipinski definition) is 8. The molecule has 1 aliphatic heterocycles. The summed E-state index contributed by atoms with van der Waals surface area (Å²) in [6.45, 7) is 4.17. The van der Waals surface area contributed by atoms with E-state index >= 15 is 0 Å². The zero-order valence-electron chi connectivity index (χ0n) is 16.4. The zero-order chi connectivity index (χ0) is 20.9. The number of benzene rings is 2. The van der Waals surface area contributed by atoms with Crippen molar-refractivity contribution in [2.45, 2.75) is 6.92 Å². The molecule has 1 aromatic heterocycles. The van der Waals surface area contributed by atoms with Crippen LogP contribution in [0.4, 0.5) is 29.2 Å². The lowest BCUT2D eigenvalue weighted by Gasteiger charge is -2.27. The maximum absolute atomic E-state index is 11.7. The molecular weight excluding hydrogens is 404 g/mol. The number of nitrogens with one attached hydrogen (secondary N) is 2. The molecule has 0 aliphatic carbocycles. The van der Waals surface area contributed by atoms with Crippen LogP contribution < -0.4 is 15.5 Å². The van der Waals surface area contributed by atoms with Crippen LogP contribution in [0.2, 0.25) is 5.02 Å². The van der Waals surface area contributed by atoms with E-state index in [9.17, 15) is 4.79 Å². The quantitative estimate of drug-likeness (QED) is 0.572. The molecular formula is C21H21ClN6O2. The van der Waals surface area contributed by atoms with Gasteiger partial charge in [0.25, 0.3) is 0 Å². The van der Waals surface area contributed by atoms with Crippen molar-refractivity contribution in [2.24, 2.45) is 0 Å². The molecule has 3 aromatic rings. The maximum atomic E-state index is 11.7. The van der Waals surface area contributed by atoms with Gasteiger partial charge in [-0.1, -0.05) is 23.7 Å². The van der Waals surface area contributed by atoms with Crippen LogP contribution in [0.1, 0.15) is 17.3 Å². The first-order valence-corrected chi connectivity index (χ1v) is 9.94. The Labute approximate surface area is 179 Å². The smallest absolute Gasteiger partial charge is 0.233 e. The number of hydrogen-bond donors (Lipinski definition) is 2. The van der Waals surface area contributed by atoms with Gasteiger partial charge in [0.15, 0.2) is 5.78 Å². The number of carbonyl (C=O) groups is 1. The molecule has 154 valence electrons. The van der Waals surface area contributed by atoms with Gasteiger partial charge >= 0.3 is 0 Å². The number of morpholine rings is 1. The standard InChI is InChI=1S/C21H21ClN6O2/c1-14(29)15-3-2-4-18(13-15)24-20-25-19(23-17-7-5-16(22)6-8-17)26-21(27-20)28-9-11-30-12-10-28/h2-8,13H,9-12H2,1H3,(H2,23,24,25,26,27). The Hall–Kier alpha value is -3.23. The minimum Gasteiger partial charge on any atom is -0.378 e. The summed E-state index contributed by atoms with van der Waals surface area (Å²) in [6.07, 6.45) is 0. The van der Waals surface area contributed by atoms with Gasteiger partial charge in [-0.3, -0.25) is 4.79 Å². The Morgan fingerprint density at radius 3 is 2.30 bits per heavy atom. The number of nitrogens with zero attached hydrogens (tertiary/aromatic N) is 4. The number of aromatic nitrogens is 3. The van der Waals surface area contributed by atoms with Crippen LogP contribution >= 0.6 is 11.6 Å². The van der Waals surface area contributed by atoms with Crippen molar-refractivity contribution in [1.82, 2.24) is 15.0 Å². The molecule has 2 heterocycles. The lowest BCUT2D eigenvalue weighted by molar-refractivity contribution is 0.101. The lowest BCUT2D eigenvalue weighted by Crippen LogP contribution is -2.37. The number of halogens is 1. The average molecular weight is 425 g/mol. The van der Waals surface area contributed by atoms with Crippen LogP contribution in [0, 0.1) is 0 Å². The van der Waals surface area contributed by atoms with Gasteiger partial charge in [0, 0.05) is 35.1 Å². The second-order valence-corrected chi connectivity index (χ2v) is 7.21. The largest absolute Gasteiger partial charge is 0.378 e. The average Bonchev–Trinajstić information content (AvgIpc) is 2.76. The minimum atomic E-state index is -0.00611. The van der Waals surface area contributed by atoms with Crippen LogP contribution in [-0.4, -0.2) is 47.0 Å². The molecule has 2 aromatic carbocycles. The number of ketones is 1. The Morgan fingerprint density at radius 1 is 0.967 bits per heavy atom. The van der Waals surface area contributed by atoms with E-state index in [1.54, 1.807) is 24.3 Å². The third kappa shape index (κ3) is 5.03. The maximum Gasteiger partial charge on any atom is 0.233 e. The van der Waals surface area contributed by atoms with Gasteiger partial charge in [0.1, 0.15) is 0 Å². The monoisotopic (exact) mass is 424 g/mol. The van der Waals surface area contributed by atoms with E-state index in [0.29, 0.717) is 54.7 Å². The summed E-state index contributed by atoms with van der Waals surface area (Å²) in [4.78, 5) is 27.4. The molecule has 0 atom stereocenters. The molecule has 0 spiro atoms. The van der Waals surface area contributed by atoms with Crippen molar-refractivity contribution in [2.75, 3.05) is 41.8 Å². The van der Waals surface area contributed by atoms with Crippen LogP contribution in [0.5, 0.6) is 0 Å². The lowest BCUT2D eigenvalue weighted by atomic mass is 10.1. The van der Waals surface area contributed by atoms with Crippen LogP contribution in [0.25, 0.3) is 0 Å². The molecule has 1 aliphatic rings. The summed E-state index contributed by atoms with van der Waals surface area (Å²) in [5, 5.41) is 7.02. The van der Waals surface area contributed by atoms with Crippen molar-refractivity contribution < 1.29 is 9.53 Å². The van der Waals surface area contributed by atoms with Crippen molar-refractivity contribution in [3.8, 4) is 0 Å². The van der Waals surface area contributed by atoms with Gasteiger partial charge < -0.3 is 20.3 Å². The predicted octanol–water partition coefficient (Wildman–Crippen LogP) is 4.05. The molecule has 1 fully saturated rings. The number of rotatable bonds is 6. The zero-order valence-corrected chi connectivity index (χ0v) is 17.2. The topological polar surface area (TPSA) is 92.3 Å². The number of Topliss-reactive ketones (excluding diaryl/α,β-unsaturated/α-hetero) is 1. The third-order valence-electron chi connectivity index (χ3n) is 4.54. The fourth-order valence-corrected chi connectivity index (χ4v) is 3.11. The van der Waals surface area contributed by atoms with E-state index in [0.717, 1.165) is 11.4 Å². The van der Waals surface area contributed by atoms with E-state index in [1.165, 1.54) is 6.92 Å². The van der Waals surface area contributed by atoms with Gasteiger partial charge in [-0.2, -0.15) is 15.0 Å². The Morgan fingerprint density at radius 2 is 1.63 bits per heavy atom. The van der Waals surface area contributed by atoms with Crippen LogP contribution in [0.15, 0.2) is 48.5 Å². The second-order valence-electron chi connectivity index (χ2n) is 6.78. The number of ether oxygens (including phenoxy) is 1. The summed E-state index contributed by atoms with van der Waals surface area (Å²) in [5.74, 6) is 1.33. The highest BCUT2D eigenvalue weighted by Crippen LogP contribution is 2.22. The Bertz CT molecular complexity index is 1040. The van der Waals surface area contributed by atoms with Crippen molar-refractivity contribution >= 4 is 46.6 Å². The summed E-state index contributed by atoms with van der Waals surface area (Å²) >= 11 is 5.97. The molecule has 0 amide bonds. The van der Waals surface area contributed by atoms with E-state index in [4.69, 9.17) is 16.3 Å². The number of carbonyl (C=O) groups excluding carboxylic acids is 1. The van der Waals surface area contributed by atoms with Crippen molar-refractivity contribution in [3.63, 3.8) is 0 Å². The molecule has 1 saturated heterocycles. The fourth-order valence-electron chi connectivity index (χ4n) is 2.99. The second kappa shape index (κ2) is 9.06. The normalized spacial score (nSPS) is 13.7. The van der Waals surface area contributed by atoms with Gasteiger partial charge in [-0.15, -0.1) is 0 Å². The molecule has 30 heavy (non-hydrogen) atoms. The molecule has 0 radical (unpaired) electrons. The molecule has 4 rings (SSSR count). The highest BCUT2D eigenvalue weighted by molar-refractivity contribution is 6.30. The Kier molecular flexibility index (Phi) is 6.06. The van der Waals surface area contributed by atoms with Gasteiger partial charge in [-0.05, 0) is 43.3 Å². The first-order valence-electron chi connectivity index (χ1n) is 9.56. The highest BCUT2D eigenvalue weighted by atomic mass is 35.5. The van der Waals surface area contributed by atoms with Gasteiger partial charge in [-0.25, -0.2) is 0 Å². The molecule has 8 nitrogen and oxygen atoms in total. The third-order valence-corrected chi connectivity index (χ3v) is 4.80. The summed E-state index contributed by atoms with van der Waals surface area (Å²) in [5.41, 5.74) is 2.14. The Balaban J connectivity index is 1.64. The summed E-state index contributed by atoms with van der Waals surface area (Å²) in [6, 6.07) is 14.5. The number of anilines is 5. The first kappa shape index (κ1) is 20.1. The molecule has 0 unspecified atom stereocenters. The SMILES string of the molecule is CC(=O)c1cccc(Nc2nc(Nc3ccc(Cl)cc3)nc(N3CCOCC3)n2)c1. The first-order chi connectivity index (χ1) is 14.6. The molecule has 9 heteroatoms. The van der Waals surface area contributed by atoms with E-state index in [-0.39, 0.29) is 5.78 Å². The van der Waals surface area contributed by atoms with Gasteiger partial charge in [0.2, 0.25) is 17.8 Å². The summed E-state index contributed by atoms with van der Waals surface area (Å²) in [7, 11) is 0. The molecule has 0 bridgehead atoms. The highest BCUT2D eigenvalue weighted by Gasteiger charge is 2.17. The molecule has 2 N–H and O–H groups in total. The van der Waals surface area contributed by atoms with Crippen LogP contribution in [0.3, 0.4) is 0 Å². The fraction of sp³-hybridized carbons (Fsp3) is 0.238. The predicted molar refractivity (Wildman–Crippen MR) is 117 cm³/mol.